The van der Waals surface area contributed by atoms with Crippen LogP contribution in [0.25, 0.3) is 0 Å². The van der Waals surface area contributed by atoms with Gasteiger partial charge in [-0.2, -0.15) is 0 Å². The lowest BCUT2D eigenvalue weighted by Crippen LogP contribution is -2.39. The molecule has 1 aliphatic heterocycles. The molecule has 3 nitrogen and oxygen atoms in total. The maximum Gasteiger partial charge on any atom is 0.223 e. The third-order valence-electron chi connectivity index (χ3n) is 2.53. The first-order valence-corrected chi connectivity index (χ1v) is 5.84. The van der Waals surface area contributed by atoms with E-state index in [2.05, 4.69) is 15.9 Å². The Morgan fingerprint density at radius 3 is 2.54 bits per heavy atom. The summed E-state index contributed by atoms with van der Waals surface area (Å²) < 4.78 is 0. The third-order valence-corrected chi connectivity index (χ3v) is 2.93. The summed E-state index contributed by atoms with van der Waals surface area (Å²) in [6, 6.07) is 0. The molecule has 0 aliphatic carbocycles. The minimum absolute atomic E-state index is 0.230. The third kappa shape index (κ3) is 3.27. The average Bonchev–Trinajstić information content (AvgIpc) is 2.18. The van der Waals surface area contributed by atoms with Crippen LogP contribution in [0.15, 0.2) is 0 Å². The number of likely N-dealkylation sites (tertiary alicyclic amines) is 1. The molecule has 1 N–H and O–H groups in total. The highest BCUT2D eigenvalue weighted by Crippen LogP contribution is 2.16. The Morgan fingerprint density at radius 2 is 2.08 bits per heavy atom. The summed E-state index contributed by atoms with van der Waals surface area (Å²) in [5.74, 6) is 0.640. The predicted molar refractivity (Wildman–Crippen MR) is 54.8 cm³/mol. The van der Waals surface area contributed by atoms with Gasteiger partial charge in [-0.05, 0) is 18.8 Å². The fourth-order valence-corrected chi connectivity index (χ4v) is 1.94. The molecule has 0 unspecified atom stereocenters. The second kappa shape index (κ2) is 5.60. The lowest BCUT2D eigenvalue weighted by Gasteiger charge is -2.31. The van der Waals surface area contributed by atoms with Crippen LogP contribution in [0.4, 0.5) is 0 Å². The summed E-state index contributed by atoms with van der Waals surface area (Å²) in [5.41, 5.74) is 0. The average molecular weight is 250 g/mol. The number of rotatable bonds is 3. The summed E-state index contributed by atoms with van der Waals surface area (Å²) in [6.07, 6.45) is 2.48. The summed E-state index contributed by atoms with van der Waals surface area (Å²) in [6.45, 7) is 1.90. The molecule has 13 heavy (non-hydrogen) atoms. The molecule has 1 saturated heterocycles. The molecule has 0 saturated carbocycles. The molecule has 0 aromatic carbocycles. The summed E-state index contributed by atoms with van der Waals surface area (Å²) in [5, 5.41) is 9.65. The van der Waals surface area contributed by atoms with Crippen LogP contribution in [0, 0.1) is 5.92 Å². The van der Waals surface area contributed by atoms with E-state index in [0.29, 0.717) is 12.3 Å². The fourth-order valence-electron chi connectivity index (χ4n) is 1.60. The fraction of sp³-hybridized carbons (Fsp3) is 0.889. The minimum Gasteiger partial charge on any atom is -0.396 e. The number of piperidine rings is 1. The topological polar surface area (TPSA) is 40.5 Å². The lowest BCUT2D eigenvalue weighted by molar-refractivity contribution is -0.132. The highest BCUT2D eigenvalue weighted by atomic mass is 79.9. The lowest BCUT2D eigenvalue weighted by atomic mass is 9.98. The van der Waals surface area contributed by atoms with Crippen LogP contribution in [0.2, 0.25) is 0 Å². The van der Waals surface area contributed by atoms with E-state index in [1.54, 1.807) is 0 Å². The van der Waals surface area contributed by atoms with Crippen molar-refractivity contribution in [2.24, 2.45) is 5.92 Å². The molecule has 0 aromatic rings. The van der Waals surface area contributed by atoms with Gasteiger partial charge in [0.2, 0.25) is 5.91 Å². The van der Waals surface area contributed by atoms with E-state index >= 15 is 0 Å². The van der Waals surface area contributed by atoms with E-state index in [0.717, 1.165) is 31.3 Å². The summed E-state index contributed by atoms with van der Waals surface area (Å²) in [7, 11) is 0. The van der Waals surface area contributed by atoms with Crippen molar-refractivity contribution in [3.63, 3.8) is 0 Å². The Bertz CT molecular complexity index is 167. The van der Waals surface area contributed by atoms with Crippen LogP contribution < -0.4 is 0 Å². The number of hydrogen-bond acceptors (Lipinski definition) is 2. The van der Waals surface area contributed by atoms with Crippen LogP contribution >= 0.6 is 15.9 Å². The van der Waals surface area contributed by atoms with Crippen molar-refractivity contribution >= 4 is 21.8 Å². The van der Waals surface area contributed by atoms with Gasteiger partial charge in [-0.3, -0.25) is 4.79 Å². The van der Waals surface area contributed by atoms with Crippen LogP contribution in [0.3, 0.4) is 0 Å². The highest BCUT2D eigenvalue weighted by molar-refractivity contribution is 9.09. The van der Waals surface area contributed by atoms with Crippen molar-refractivity contribution in [2.75, 3.05) is 25.0 Å². The first-order chi connectivity index (χ1) is 6.27. The van der Waals surface area contributed by atoms with E-state index in [-0.39, 0.29) is 12.5 Å². The van der Waals surface area contributed by atoms with E-state index in [1.165, 1.54) is 0 Å². The van der Waals surface area contributed by atoms with E-state index in [1.807, 2.05) is 4.90 Å². The van der Waals surface area contributed by atoms with Gasteiger partial charge in [-0.1, -0.05) is 15.9 Å². The first-order valence-electron chi connectivity index (χ1n) is 4.72. The van der Waals surface area contributed by atoms with Crippen LogP contribution in [0.5, 0.6) is 0 Å². The van der Waals surface area contributed by atoms with Crippen LogP contribution in [0.1, 0.15) is 19.3 Å². The number of nitrogens with zero attached hydrogens (tertiary/aromatic N) is 1. The van der Waals surface area contributed by atoms with E-state index < -0.39 is 0 Å². The Labute approximate surface area is 87.2 Å². The molecule has 1 rings (SSSR count). The number of hydrogen-bond donors (Lipinski definition) is 1. The summed E-state index contributed by atoms with van der Waals surface area (Å²) in [4.78, 5) is 13.3. The number of aliphatic hydroxyl groups excluding tert-OH is 1. The molecule has 1 fully saturated rings. The van der Waals surface area contributed by atoms with Gasteiger partial charge in [0.25, 0.3) is 0 Å². The van der Waals surface area contributed by atoms with Gasteiger partial charge in [0, 0.05) is 31.4 Å². The minimum atomic E-state index is 0.230. The Morgan fingerprint density at radius 1 is 1.46 bits per heavy atom. The Kier molecular flexibility index (Phi) is 4.73. The normalized spacial score (nSPS) is 19.1. The summed E-state index contributed by atoms with van der Waals surface area (Å²) >= 11 is 3.25. The zero-order valence-corrected chi connectivity index (χ0v) is 9.29. The number of alkyl halides is 1. The number of aliphatic hydroxyl groups is 1. The number of carbonyl (C=O) groups is 1. The van der Waals surface area contributed by atoms with Gasteiger partial charge >= 0.3 is 0 Å². The molecule has 0 spiro atoms. The maximum absolute atomic E-state index is 11.4. The van der Waals surface area contributed by atoms with Gasteiger partial charge in [0.1, 0.15) is 0 Å². The molecular formula is C9H16BrNO2. The predicted octanol–water partition coefficient (Wildman–Crippen LogP) is 1.00. The zero-order valence-electron chi connectivity index (χ0n) is 7.71. The van der Waals surface area contributed by atoms with Crippen molar-refractivity contribution in [2.45, 2.75) is 19.3 Å². The first kappa shape index (κ1) is 11.0. The van der Waals surface area contributed by atoms with E-state index in [9.17, 15) is 4.79 Å². The number of amides is 1. The number of carbonyl (C=O) groups excluding carboxylic acids is 1. The zero-order chi connectivity index (χ0) is 9.68. The molecule has 4 heteroatoms. The molecule has 1 amide bonds. The second-order valence-corrected chi connectivity index (χ2v) is 4.24. The van der Waals surface area contributed by atoms with Crippen molar-refractivity contribution in [3.8, 4) is 0 Å². The molecule has 76 valence electrons. The molecule has 0 bridgehead atoms. The molecule has 0 atom stereocenters. The molecule has 0 aromatic heterocycles. The van der Waals surface area contributed by atoms with Gasteiger partial charge in [-0.15, -0.1) is 0 Å². The monoisotopic (exact) mass is 249 g/mol. The van der Waals surface area contributed by atoms with Gasteiger partial charge in [0.15, 0.2) is 0 Å². The van der Waals surface area contributed by atoms with Crippen molar-refractivity contribution < 1.29 is 9.90 Å². The number of halogens is 1. The van der Waals surface area contributed by atoms with Crippen molar-refractivity contribution in [1.82, 2.24) is 4.90 Å². The van der Waals surface area contributed by atoms with Gasteiger partial charge < -0.3 is 10.0 Å². The molecule has 1 aliphatic rings. The largest absolute Gasteiger partial charge is 0.396 e. The maximum atomic E-state index is 11.4. The quantitative estimate of drug-likeness (QED) is 0.759. The second-order valence-electron chi connectivity index (χ2n) is 3.45. The highest BCUT2D eigenvalue weighted by Gasteiger charge is 2.21. The van der Waals surface area contributed by atoms with E-state index in [4.69, 9.17) is 5.11 Å². The smallest absolute Gasteiger partial charge is 0.223 e. The molecule has 0 radical (unpaired) electrons. The van der Waals surface area contributed by atoms with Crippen LogP contribution in [-0.2, 0) is 4.79 Å². The van der Waals surface area contributed by atoms with Gasteiger partial charge in [-0.25, -0.2) is 0 Å². The van der Waals surface area contributed by atoms with Gasteiger partial charge in [0.05, 0.1) is 0 Å². The Balaban J connectivity index is 2.28. The van der Waals surface area contributed by atoms with Crippen molar-refractivity contribution in [1.29, 1.82) is 0 Å². The molecular weight excluding hydrogens is 234 g/mol. The van der Waals surface area contributed by atoms with Crippen LogP contribution in [-0.4, -0.2) is 40.9 Å². The SMILES string of the molecule is O=C(CCBr)N1CCC(CO)CC1. The Hall–Kier alpha value is -0.0900. The standard InChI is InChI=1S/C9H16BrNO2/c10-4-1-9(13)11-5-2-8(7-12)3-6-11/h8,12H,1-7H2. The van der Waals surface area contributed by atoms with Crippen molar-refractivity contribution in [3.05, 3.63) is 0 Å². The molecule has 1 heterocycles.